The third kappa shape index (κ3) is 4.07. The van der Waals surface area contributed by atoms with E-state index in [2.05, 4.69) is 130 Å². The SMILES string of the molecule is N#Cc1ccc2c(c1)c1cc(C#N)ccc1n2-c1ccc2sc3ccc(-c4cccc(-n5c6ccccc6c6ccccc65)c4)cc3c2c1. The molecule has 0 unspecified atom stereocenters. The number of rotatable bonds is 3. The Morgan fingerprint density at radius 1 is 0.388 bits per heavy atom. The van der Waals surface area contributed by atoms with E-state index in [9.17, 15) is 10.5 Å². The molecule has 7 aromatic carbocycles. The summed E-state index contributed by atoms with van der Waals surface area (Å²) >= 11 is 1.81. The molecule has 10 aromatic rings. The largest absolute Gasteiger partial charge is 0.309 e. The standard InChI is InChI=1S/C44H24N4S/c45-25-27-12-16-41-35(20-27)36-21-28(26-46)13-17-42(36)48(41)32-15-19-44-38(24-32)37-23-30(14-18-43(37)49-44)29-6-5-7-31(22-29)47-39-10-3-1-8-33(39)34-9-2-4-11-40(34)47/h1-24H. The predicted octanol–water partition coefficient (Wildman–Crippen LogP) is 11.7. The number of nitrogens with zero attached hydrogens (tertiary/aromatic N) is 4. The lowest BCUT2D eigenvalue weighted by Crippen LogP contribution is -1.94. The molecule has 0 atom stereocenters. The van der Waals surface area contributed by atoms with Gasteiger partial charge in [-0.15, -0.1) is 11.3 Å². The van der Waals surface area contributed by atoms with Gasteiger partial charge in [0.15, 0.2) is 0 Å². The van der Waals surface area contributed by atoms with Crippen molar-refractivity contribution in [2.75, 3.05) is 0 Å². The molecule has 226 valence electrons. The molecule has 0 bridgehead atoms. The summed E-state index contributed by atoms with van der Waals surface area (Å²) in [5, 5.41) is 26.1. The van der Waals surface area contributed by atoms with Crippen molar-refractivity contribution in [3.05, 3.63) is 157 Å². The fourth-order valence-corrected chi connectivity index (χ4v) is 8.62. The Balaban J connectivity index is 1.14. The molecule has 49 heavy (non-hydrogen) atoms. The predicted molar refractivity (Wildman–Crippen MR) is 203 cm³/mol. The third-order valence-corrected chi connectivity index (χ3v) is 10.9. The van der Waals surface area contributed by atoms with Crippen LogP contribution >= 0.6 is 11.3 Å². The summed E-state index contributed by atoms with van der Waals surface area (Å²) in [7, 11) is 0. The highest BCUT2D eigenvalue weighted by Crippen LogP contribution is 2.40. The van der Waals surface area contributed by atoms with E-state index in [0.717, 1.165) is 33.2 Å². The van der Waals surface area contributed by atoms with E-state index in [0.29, 0.717) is 11.1 Å². The van der Waals surface area contributed by atoms with E-state index in [1.54, 1.807) is 0 Å². The minimum absolute atomic E-state index is 0.600. The van der Waals surface area contributed by atoms with E-state index >= 15 is 0 Å². The lowest BCUT2D eigenvalue weighted by molar-refractivity contribution is 1.18. The molecule has 3 heterocycles. The second-order valence-corrected chi connectivity index (χ2v) is 13.5. The molecule has 4 nitrogen and oxygen atoms in total. The van der Waals surface area contributed by atoms with Crippen LogP contribution in [0, 0.1) is 22.7 Å². The summed E-state index contributed by atoms with van der Waals surface area (Å²) in [5.41, 5.74) is 10.1. The van der Waals surface area contributed by atoms with Crippen LogP contribution in [0.1, 0.15) is 11.1 Å². The highest BCUT2D eigenvalue weighted by atomic mass is 32.1. The van der Waals surface area contributed by atoms with Crippen LogP contribution in [0.5, 0.6) is 0 Å². The smallest absolute Gasteiger partial charge is 0.0991 e. The van der Waals surface area contributed by atoms with Crippen molar-refractivity contribution in [1.29, 1.82) is 10.5 Å². The van der Waals surface area contributed by atoms with Gasteiger partial charge >= 0.3 is 0 Å². The Morgan fingerprint density at radius 3 is 1.55 bits per heavy atom. The quantitative estimate of drug-likeness (QED) is 0.193. The van der Waals surface area contributed by atoms with Crippen LogP contribution in [0.4, 0.5) is 0 Å². The monoisotopic (exact) mass is 640 g/mol. The number of aromatic nitrogens is 2. The first-order valence-electron chi connectivity index (χ1n) is 16.1. The molecule has 0 aliphatic rings. The first-order chi connectivity index (χ1) is 24.2. The fraction of sp³-hybridized carbons (Fsp3) is 0. The minimum Gasteiger partial charge on any atom is -0.309 e. The number of nitriles is 2. The Morgan fingerprint density at radius 2 is 0.918 bits per heavy atom. The van der Waals surface area contributed by atoms with Gasteiger partial charge in [-0.1, -0.05) is 54.6 Å². The zero-order valence-electron chi connectivity index (χ0n) is 26.1. The summed E-state index contributed by atoms with van der Waals surface area (Å²) in [6.07, 6.45) is 0. The van der Waals surface area contributed by atoms with Gasteiger partial charge in [-0.3, -0.25) is 0 Å². The molecule has 5 heteroatoms. The van der Waals surface area contributed by atoms with Crippen LogP contribution in [0.3, 0.4) is 0 Å². The Kier molecular flexibility index (Phi) is 5.84. The highest BCUT2D eigenvalue weighted by Gasteiger charge is 2.16. The van der Waals surface area contributed by atoms with Gasteiger partial charge < -0.3 is 9.13 Å². The van der Waals surface area contributed by atoms with Crippen LogP contribution < -0.4 is 0 Å². The Hall–Kier alpha value is -6.66. The second-order valence-electron chi connectivity index (χ2n) is 12.4. The van der Waals surface area contributed by atoms with E-state index in [1.807, 2.05) is 47.7 Å². The first-order valence-corrected chi connectivity index (χ1v) is 16.9. The van der Waals surface area contributed by atoms with Gasteiger partial charge in [0.05, 0.1) is 45.3 Å². The highest BCUT2D eigenvalue weighted by molar-refractivity contribution is 7.25. The van der Waals surface area contributed by atoms with Gasteiger partial charge in [0, 0.05) is 53.1 Å². The maximum Gasteiger partial charge on any atom is 0.0991 e. The maximum absolute atomic E-state index is 9.63. The van der Waals surface area contributed by atoms with Crippen LogP contribution in [-0.4, -0.2) is 9.13 Å². The molecule has 0 radical (unpaired) electrons. The molecule has 0 aliphatic heterocycles. The zero-order valence-corrected chi connectivity index (χ0v) is 26.9. The number of hydrogen-bond acceptors (Lipinski definition) is 3. The van der Waals surface area contributed by atoms with Gasteiger partial charge in [-0.05, 0) is 102 Å². The second kappa shape index (κ2) is 10.4. The van der Waals surface area contributed by atoms with Crippen LogP contribution in [0.15, 0.2) is 146 Å². The molecule has 3 aromatic heterocycles. The average molecular weight is 641 g/mol. The number of thiophene rings is 1. The van der Waals surface area contributed by atoms with Crippen molar-refractivity contribution in [2.24, 2.45) is 0 Å². The first kappa shape index (κ1) is 27.5. The molecule has 0 spiro atoms. The van der Waals surface area contributed by atoms with Crippen LogP contribution in [-0.2, 0) is 0 Å². The molecule has 0 aliphatic carbocycles. The molecular weight excluding hydrogens is 617 g/mol. The van der Waals surface area contributed by atoms with Crippen molar-refractivity contribution in [3.8, 4) is 34.6 Å². The lowest BCUT2D eigenvalue weighted by atomic mass is 10.0. The lowest BCUT2D eigenvalue weighted by Gasteiger charge is -2.11. The average Bonchev–Trinajstić information content (AvgIpc) is 3.81. The number of benzene rings is 7. The summed E-state index contributed by atoms with van der Waals surface area (Å²) in [4.78, 5) is 0. The summed E-state index contributed by atoms with van der Waals surface area (Å²) in [5.74, 6) is 0. The minimum atomic E-state index is 0.600. The Bertz CT molecular complexity index is 2960. The molecular formula is C44H24N4S. The topological polar surface area (TPSA) is 57.4 Å². The number of fused-ring (bicyclic) bond motifs is 9. The van der Waals surface area contributed by atoms with E-state index in [1.165, 1.54) is 53.1 Å². The summed E-state index contributed by atoms with van der Waals surface area (Å²) < 4.78 is 7.09. The Labute approximate surface area is 285 Å². The van der Waals surface area contributed by atoms with Gasteiger partial charge in [0.2, 0.25) is 0 Å². The van der Waals surface area contributed by atoms with E-state index in [4.69, 9.17) is 0 Å². The normalized spacial score (nSPS) is 11.6. The molecule has 0 saturated heterocycles. The fourth-order valence-electron chi connectivity index (χ4n) is 7.55. The van der Waals surface area contributed by atoms with Crippen molar-refractivity contribution in [2.45, 2.75) is 0 Å². The number of hydrogen-bond donors (Lipinski definition) is 0. The van der Waals surface area contributed by atoms with Crippen molar-refractivity contribution in [3.63, 3.8) is 0 Å². The maximum atomic E-state index is 9.63. The van der Waals surface area contributed by atoms with Gasteiger partial charge in [-0.2, -0.15) is 10.5 Å². The van der Waals surface area contributed by atoms with Crippen LogP contribution in [0.2, 0.25) is 0 Å². The van der Waals surface area contributed by atoms with Gasteiger partial charge in [0.25, 0.3) is 0 Å². The molecule has 0 saturated carbocycles. The van der Waals surface area contributed by atoms with E-state index < -0.39 is 0 Å². The molecule has 10 rings (SSSR count). The van der Waals surface area contributed by atoms with Crippen molar-refractivity contribution >= 4 is 75.1 Å². The summed E-state index contributed by atoms with van der Waals surface area (Å²) in [6.45, 7) is 0. The van der Waals surface area contributed by atoms with Crippen LogP contribution in [0.25, 0.3) is 86.3 Å². The number of para-hydroxylation sites is 2. The summed E-state index contributed by atoms with van der Waals surface area (Å²) in [6, 6.07) is 55.7. The van der Waals surface area contributed by atoms with Gasteiger partial charge in [-0.25, -0.2) is 0 Å². The third-order valence-electron chi connectivity index (χ3n) is 9.75. The van der Waals surface area contributed by atoms with Crippen molar-refractivity contribution < 1.29 is 0 Å². The molecule has 0 fully saturated rings. The zero-order chi connectivity index (χ0) is 32.6. The van der Waals surface area contributed by atoms with E-state index in [-0.39, 0.29) is 0 Å². The van der Waals surface area contributed by atoms with Gasteiger partial charge in [0.1, 0.15) is 0 Å². The molecule has 0 amide bonds. The van der Waals surface area contributed by atoms with Crippen molar-refractivity contribution in [1.82, 2.24) is 9.13 Å². The molecule has 0 N–H and O–H groups in total.